The summed E-state index contributed by atoms with van der Waals surface area (Å²) in [4.78, 5) is 15.3. The van der Waals surface area contributed by atoms with Gasteiger partial charge in [0.05, 0.1) is 11.7 Å². The zero-order valence-electron chi connectivity index (χ0n) is 13.0. The Morgan fingerprint density at radius 1 is 1.25 bits per heavy atom. The summed E-state index contributed by atoms with van der Waals surface area (Å²) >= 11 is 0. The molecule has 1 aromatic rings. The molecule has 0 aromatic heterocycles. The number of rotatable bonds is 4. The average Bonchev–Trinajstić information content (AvgIpc) is 3.06. The van der Waals surface area contributed by atoms with Gasteiger partial charge in [0.15, 0.2) is 6.61 Å². The molecular formula is C16H18N4O4. The number of ether oxygens (including phenoxy) is 1. The summed E-state index contributed by atoms with van der Waals surface area (Å²) in [5, 5.41) is 28.5. The lowest BCUT2D eigenvalue weighted by Crippen LogP contribution is -2.36. The Kier molecular flexibility index (Phi) is 4.83. The molecule has 0 amide bonds. The van der Waals surface area contributed by atoms with Crippen molar-refractivity contribution in [3.63, 3.8) is 0 Å². The molecule has 1 aromatic carbocycles. The second kappa shape index (κ2) is 7.20. The SMILES string of the molecule is O=[N+]([O-])C1COC(N=Nc2cccc(O)c2)=CC1=NC1CCCC1. The molecule has 8 nitrogen and oxygen atoms in total. The van der Waals surface area contributed by atoms with Crippen LogP contribution in [-0.2, 0) is 4.74 Å². The number of aromatic hydroxyl groups is 1. The van der Waals surface area contributed by atoms with Gasteiger partial charge in [0, 0.05) is 17.1 Å². The molecule has 0 bridgehead atoms. The third-order valence-electron chi connectivity index (χ3n) is 4.01. The molecule has 1 N–H and O–H groups in total. The van der Waals surface area contributed by atoms with Crippen LogP contribution in [0.4, 0.5) is 5.69 Å². The lowest BCUT2D eigenvalue weighted by molar-refractivity contribution is -0.506. The third-order valence-corrected chi connectivity index (χ3v) is 4.01. The summed E-state index contributed by atoms with van der Waals surface area (Å²) in [5.74, 6) is 0.273. The standard InChI is InChI=1S/C16H18N4O4/c21-13-7-3-6-12(8-13)18-19-16-9-14(15(10-24-16)20(22)23)17-11-4-1-2-5-11/h3,6-9,11,15,21H,1-2,4-5,10H2. The number of nitrogens with zero attached hydrogens (tertiary/aromatic N) is 4. The van der Waals surface area contributed by atoms with Crippen molar-refractivity contribution in [2.24, 2.45) is 15.2 Å². The smallest absolute Gasteiger partial charge is 0.287 e. The van der Waals surface area contributed by atoms with Gasteiger partial charge in [0.2, 0.25) is 5.88 Å². The molecule has 1 atom stereocenters. The van der Waals surface area contributed by atoms with Crippen LogP contribution >= 0.6 is 0 Å². The number of aliphatic imine (C=N–C) groups is 1. The molecule has 0 saturated heterocycles. The quantitative estimate of drug-likeness (QED) is 0.518. The first-order valence-electron chi connectivity index (χ1n) is 7.88. The Bertz CT molecular complexity index is 708. The van der Waals surface area contributed by atoms with E-state index in [0.29, 0.717) is 11.4 Å². The van der Waals surface area contributed by atoms with Gasteiger partial charge >= 0.3 is 0 Å². The zero-order chi connectivity index (χ0) is 16.9. The zero-order valence-corrected chi connectivity index (χ0v) is 13.0. The Balaban J connectivity index is 1.81. The molecule has 1 aliphatic heterocycles. The van der Waals surface area contributed by atoms with Crippen molar-refractivity contribution in [3.05, 3.63) is 46.3 Å². The Morgan fingerprint density at radius 3 is 2.75 bits per heavy atom. The minimum absolute atomic E-state index is 0.0851. The first-order valence-corrected chi connectivity index (χ1v) is 7.88. The van der Waals surface area contributed by atoms with E-state index in [9.17, 15) is 15.2 Å². The molecule has 1 fully saturated rings. The highest BCUT2D eigenvalue weighted by Gasteiger charge is 2.32. The fraction of sp³-hybridized carbons (Fsp3) is 0.438. The van der Waals surface area contributed by atoms with E-state index in [1.807, 2.05) is 0 Å². The van der Waals surface area contributed by atoms with Crippen molar-refractivity contribution >= 4 is 11.4 Å². The fourth-order valence-electron chi connectivity index (χ4n) is 2.77. The minimum Gasteiger partial charge on any atom is -0.508 e. The topological polar surface area (TPSA) is 110 Å². The van der Waals surface area contributed by atoms with Gasteiger partial charge in [-0.3, -0.25) is 15.1 Å². The van der Waals surface area contributed by atoms with Crippen molar-refractivity contribution in [3.8, 4) is 5.75 Å². The van der Waals surface area contributed by atoms with Crippen molar-refractivity contribution in [2.75, 3.05) is 6.61 Å². The lowest BCUT2D eigenvalue weighted by atomic mass is 10.1. The number of phenols is 1. The van der Waals surface area contributed by atoms with E-state index < -0.39 is 6.04 Å². The van der Waals surface area contributed by atoms with Crippen LogP contribution in [0.25, 0.3) is 0 Å². The molecule has 24 heavy (non-hydrogen) atoms. The van der Waals surface area contributed by atoms with E-state index in [1.54, 1.807) is 12.1 Å². The summed E-state index contributed by atoms with van der Waals surface area (Å²) in [7, 11) is 0. The molecule has 1 saturated carbocycles. The third kappa shape index (κ3) is 3.95. The van der Waals surface area contributed by atoms with E-state index in [1.165, 1.54) is 18.2 Å². The largest absolute Gasteiger partial charge is 0.508 e. The van der Waals surface area contributed by atoms with Gasteiger partial charge < -0.3 is 9.84 Å². The number of phenolic OH excluding ortho intramolecular Hbond substituents is 1. The highest BCUT2D eigenvalue weighted by atomic mass is 16.6. The van der Waals surface area contributed by atoms with Crippen molar-refractivity contribution in [1.82, 2.24) is 0 Å². The highest BCUT2D eigenvalue weighted by molar-refractivity contribution is 5.99. The number of nitro groups is 1. The van der Waals surface area contributed by atoms with Crippen LogP contribution in [0.2, 0.25) is 0 Å². The molecule has 0 spiro atoms. The molecule has 1 aliphatic carbocycles. The fourth-order valence-corrected chi connectivity index (χ4v) is 2.77. The van der Waals surface area contributed by atoms with Crippen LogP contribution in [0.5, 0.6) is 5.75 Å². The van der Waals surface area contributed by atoms with Gasteiger partial charge in [-0.15, -0.1) is 10.2 Å². The maximum atomic E-state index is 11.2. The predicted molar refractivity (Wildman–Crippen MR) is 87.1 cm³/mol. The highest BCUT2D eigenvalue weighted by Crippen LogP contribution is 2.24. The Morgan fingerprint density at radius 2 is 2.04 bits per heavy atom. The van der Waals surface area contributed by atoms with E-state index in [0.717, 1.165) is 25.7 Å². The number of benzene rings is 1. The molecule has 1 heterocycles. The van der Waals surface area contributed by atoms with Gasteiger partial charge in [0.1, 0.15) is 11.5 Å². The molecule has 2 aliphatic rings. The first-order chi connectivity index (χ1) is 11.6. The first kappa shape index (κ1) is 16.1. The molecule has 0 radical (unpaired) electrons. The molecule has 126 valence electrons. The maximum absolute atomic E-state index is 11.2. The van der Waals surface area contributed by atoms with Crippen LogP contribution in [0.3, 0.4) is 0 Å². The van der Waals surface area contributed by atoms with Crippen molar-refractivity contribution in [2.45, 2.75) is 37.8 Å². The van der Waals surface area contributed by atoms with Gasteiger partial charge in [0.25, 0.3) is 6.04 Å². The predicted octanol–water partition coefficient (Wildman–Crippen LogP) is 3.38. The van der Waals surface area contributed by atoms with Crippen LogP contribution in [-0.4, -0.2) is 34.4 Å². The summed E-state index contributed by atoms with van der Waals surface area (Å²) in [6.07, 6.45) is 5.62. The lowest BCUT2D eigenvalue weighted by Gasteiger charge is -2.17. The Hall–Kier alpha value is -2.77. The van der Waals surface area contributed by atoms with E-state index >= 15 is 0 Å². The van der Waals surface area contributed by atoms with Crippen LogP contribution in [0.1, 0.15) is 25.7 Å². The second-order valence-electron chi connectivity index (χ2n) is 5.81. The Labute approximate surface area is 138 Å². The monoisotopic (exact) mass is 330 g/mol. The van der Waals surface area contributed by atoms with Gasteiger partial charge in [-0.25, -0.2) is 0 Å². The summed E-state index contributed by atoms with van der Waals surface area (Å²) in [6, 6.07) is 5.49. The molecule has 3 rings (SSSR count). The summed E-state index contributed by atoms with van der Waals surface area (Å²) in [5.41, 5.74) is 0.855. The second-order valence-corrected chi connectivity index (χ2v) is 5.81. The van der Waals surface area contributed by atoms with Crippen molar-refractivity contribution < 1.29 is 14.8 Å². The minimum atomic E-state index is -0.967. The van der Waals surface area contributed by atoms with Gasteiger partial charge in [-0.1, -0.05) is 18.9 Å². The van der Waals surface area contributed by atoms with Gasteiger partial charge in [-0.05, 0) is 25.0 Å². The number of hydrogen-bond acceptors (Lipinski definition) is 7. The van der Waals surface area contributed by atoms with Crippen LogP contribution in [0.15, 0.2) is 51.4 Å². The van der Waals surface area contributed by atoms with Crippen molar-refractivity contribution in [1.29, 1.82) is 0 Å². The normalized spacial score (nSPS) is 23.4. The molecule has 1 unspecified atom stereocenters. The summed E-state index contributed by atoms with van der Waals surface area (Å²) in [6.45, 7) is -0.108. The maximum Gasteiger partial charge on any atom is 0.287 e. The number of azo groups is 1. The van der Waals surface area contributed by atoms with E-state index in [-0.39, 0.29) is 29.2 Å². The molecular weight excluding hydrogens is 312 g/mol. The average molecular weight is 330 g/mol. The van der Waals surface area contributed by atoms with Crippen LogP contribution < -0.4 is 0 Å². The van der Waals surface area contributed by atoms with E-state index in [4.69, 9.17) is 4.74 Å². The molecule has 8 heteroatoms. The van der Waals surface area contributed by atoms with E-state index in [2.05, 4.69) is 15.2 Å². The summed E-state index contributed by atoms with van der Waals surface area (Å²) < 4.78 is 5.31. The van der Waals surface area contributed by atoms with Crippen LogP contribution in [0, 0.1) is 10.1 Å². The number of hydrogen-bond donors (Lipinski definition) is 1. The van der Waals surface area contributed by atoms with Gasteiger partial charge in [-0.2, -0.15) is 0 Å².